The summed E-state index contributed by atoms with van der Waals surface area (Å²) in [6, 6.07) is 19.5. The lowest BCUT2D eigenvalue weighted by Crippen LogP contribution is -2.08. The van der Waals surface area contributed by atoms with Crippen LogP contribution in [-0.4, -0.2) is 14.1 Å². The molecule has 2 aromatic carbocycles. The van der Waals surface area contributed by atoms with Crippen LogP contribution in [0.1, 0.15) is 23.5 Å². The van der Waals surface area contributed by atoms with Crippen molar-refractivity contribution in [3.8, 4) is 0 Å². The summed E-state index contributed by atoms with van der Waals surface area (Å²) in [6.07, 6.45) is 1.23. The first-order chi connectivity index (χ1) is 9.66. The molecule has 0 saturated heterocycles. The number of benzene rings is 2. The summed E-state index contributed by atoms with van der Waals surface area (Å²) < 4.78 is 0. The number of hydrogen-bond donors (Lipinski definition) is 0. The molecule has 1 aliphatic rings. The molecule has 1 nitrogen and oxygen atoms in total. The first kappa shape index (κ1) is 13.0. The van der Waals surface area contributed by atoms with Crippen molar-refractivity contribution in [3.05, 3.63) is 72.3 Å². The second-order valence-electron chi connectivity index (χ2n) is 5.83. The van der Waals surface area contributed by atoms with Crippen LogP contribution in [0.4, 0.5) is 5.69 Å². The van der Waals surface area contributed by atoms with Crippen LogP contribution in [0.3, 0.4) is 0 Å². The molecule has 20 heavy (non-hydrogen) atoms. The minimum atomic E-state index is 0.614. The molecule has 0 bridgehead atoms. The summed E-state index contributed by atoms with van der Waals surface area (Å²) in [6.45, 7) is 4.32. The zero-order chi connectivity index (χ0) is 14.1. The van der Waals surface area contributed by atoms with Crippen molar-refractivity contribution in [2.75, 3.05) is 19.0 Å². The Kier molecular flexibility index (Phi) is 3.35. The fourth-order valence-electron chi connectivity index (χ4n) is 2.84. The molecule has 2 atom stereocenters. The van der Waals surface area contributed by atoms with Gasteiger partial charge in [0.25, 0.3) is 0 Å². The Hall–Kier alpha value is -2.02. The van der Waals surface area contributed by atoms with E-state index in [1.165, 1.54) is 28.8 Å². The van der Waals surface area contributed by atoms with Gasteiger partial charge in [-0.05, 0) is 47.1 Å². The van der Waals surface area contributed by atoms with Gasteiger partial charge in [0.1, 0.15) is 0 Å². The largest absolute Gasteiger partial charge is 0.378 e. The molecule has 0 aromatic heterocycles. The maximum atomic E-state index is 4.32. The molecule has 0 N–H and O–H groups in total. The van der Waals surface area contributed by atoms with Gasteiger partial charge in [0.2, 0.25) is 0 Å². The highest BCUT2D eigenvalue weighted by Gasteiger charge is 2.40. The molecule has 1 heteroatoms. The highest BCUT2D eigenvalue weighted by Crippen LogP contribution is 2.53. The monoisotopic (exact) mass is 263 g/mol. The van der Waals surface area contributed by atoms with E-state index in [1.54, 1.807) is 0 Å². The summed E-state index contributed by atoms with van der Waals surface area (Å²) in [4.78, 5) is 2.12. The Balaban J connectivity index is 1.72. The lowest BCUT2D eigenvalue weighted by atomic mass is 9.99. The zero-order valence-corrected chi connectivity index (χ0v) is 12.2. The topological polar surface area (TPSA) is 3.24 Å². The SMILES string of the molecule is C=C(c1ccc(N(C)C)cc1)[C@H]1C[C@@H]1c1ccccc1. The number of hydrogen-bond acceptors (Lipinski definition) is 1. The molecular weight excluding hydrogens is 242 g/mol. The van der Waals surface area contributed by atoms with Crippen molar-refractivity contribution in [3.63, 3.8) is 0 Å². The van der Waals surface area contributed by atoms with Crippen LogP contribution in [0.15, 0.2) is 61.2 Å². The molecule has 3 rings (SSSR count). The van der Waals surface area contributed by atoms with Gasteiger partial charge in [-0.15, -0.1) is 0 Å². The molecule has 0 unspecified atom stereocenters. The van der Waals surface area contributed by atoms with Gasteiger partial charge in [-0.25, -0.2) is 0 Å². The summed E-state index contributed by atoms with van der Waals surface area (Å²) in [5.41, 5.74) is 5.24. The first-order valence-corrected chi connectivity index (χ1v) is 7.18. The van der Waals surface area contributed by atoms with Crippen molar-refractivity contribution >= 4 is 11.3 Å². The fourth-order valence-corrected chi connectivity index (χ4v) is 2.84. The van der Waals surface area contributed by atoms with Crippen LogP contribution in [0.2, 0.25) is 0 Å². The molecular formula is C19H21N. The van der Waals surface area contributed by atoms with Crippen LogP contribution in [0.25, 0.3) is 5.57 Å². The number of nitrogens with zero attached hydrogens (tertiary/aromatic N) is 1. The van der Waals surface area contributed by atoms with Gasteiger partial charge < -0.3 is 4.90 Å². The van der Waals surface area contributed by atoms with Gasteiger partial charge in [0.15, 0.2) is 0 Å². The van der Waals surface area contributed by atoms with Gasteiger partial charge in [0.05, 0.1) is 0 Å². The molecule has 0 amide bonds. The van der Waals surface area contributed by atoms with Crippen molar-refractivity contribution in [2.24, 2.45) is 5.92 Å². The Bertz CT molecular complexity index is 595. The number of rotatable bonds is 4. The second kappa shape index (κ2) is 5.16. The number of allylic oxidation sites excluding steroid dienone is 1. The van der Waals surface area contributed by atoms with Crippen LogP contribution in [0, 0.1) is 5.92 Å². The highest BCUT2D eigenvalue weighted by atomic mass is 15.1. The molecule has 0 radical (unpaired) electrons. The molecule has 102 valence electrons. The molecule has 0 spiro atoms. The standard InChI is InChI=1S/C19H21N/c1-14(15-9-11-17(12-10-15)20(2)3)18-13-19(18)16-7-5-4-6-8-16/h4-12,18-19H,1,13H2,2-3H3/t18-,19-/m1/s1. The van der Waals surface area contributed by atoms with Gasteiger partial charge in [-0.1, -0.05) is 49.0 Å². The van der Waals surface area contributed by atoms with Crippen molar-refractivity contribution < 1.29 is 0 Å². The van der Waals surface area contributed by atoms with Crippen molar-refractivity contribution in [1.82, 2.24) is 0 Å². The van der Waals surface area contributed by atoms with Crippen LogP contribution >= 0.6 is 0 Å². The minimum Gasteiger partial charge on any atom is -0.378 e. The van der Waals surface area contributed by atoms with E-state index in [9.17, 15) is 0 Å². The predicted molar refractivity (Wildman–Crippen MR) is 87.1 cm³/mol. The first-order valence-electron chi connectivity index (χ1n) is 7.18. The van der Waals surface area contributed by atoms with Gasteiger partial charge in [-0.2, -0.15) is 0 Å². The van der Waals surface area contributed by atoms with E-state index in [1.807, 2.05) is 0 Å². The van der Waals surface area contributed by atoms with Gasteiger partial charge >= 0.3 is 0 Å². The Morgan fingerprint density at radius 3 is 2.25 bits per heavy atom. The quantitative estimate of drug-likeness (QED) is 0.781. The predicted octanol–water partition coefficient (Wildman–Crippen LogP) is 4.57. The maximum Gasteiger partial charge on any atom is 0.0361 e. The molecule has 2 aromatic rings. The van der Waals surface area contributed by atoms with Crippen LogP contribution < -0.4 is 4.90 Å². The maximum absolute atomic E-state index is 4.32. The summed E-state index contributed by atoms with van der Waals surface area (Å²) >= 11 is 0. The molecule has 1 fully saturated rings. The van der Waals surface area contributed by atoms with E-state index in [2.05, 4.69) is 80.2 Å². The second-order valence-corrected chi connectivity index (χ2v) is 5.83. The average Bonchev–Trinajstić information content (AvgIpc) is 3.28. The fraction of sp³-hybridized carbons (Fsp3) is 0.263. The zero-order valence-electron chi connectivity index (χ0n) is 12.2. The van der Waals surface area contributed by atoms with E-state index in [-0.39, 0.29) is 0 Å². The van der Waals surface area contributed by atoms with Crippen LogP contribution in [0.5, 0.6) is 0 Å². The minimum absolute atomic E-state index is 0.614. The lowest BCUT2D eigenvalue weighted by Gasteiger charge is -2.13. The van der Waals surface area contributed by atoms with Crippen molar-refractivity contribution in [2.45, 2.75) is 12.3 Å². The Morgan fingerprint density at radius 1 is 1.00 bits per heavy atom. The van der Waals surface area contributed by atoms with Gasteiger partial charge in [0, 0.05) is 19.8 Å². The Morgan fingerprint density at radius 2 is 1.65 bits per heavy atom. The third-order valence-electron chi connectivity index (χ3n) is 4.22. The third kappa shape index (κ3) is 2.49. The van der Waals surface area contributed by atoms with E-state index >= 15 is 0 Å². The smallest absolute Gasteiger partial charge is 0.0361 e. The highest BCUT2D eigenvalue weighted by molar-refractivity contribution is 5.70. The van der Waals surface area contributed by atoms with Gasteiger partial charge in [-0.3, -0.25) is 0 Å². The lowest BCUT2D eigenvalue weighted by molar-refractivity contribution is 1.03. The molecule has 1 aliphatic carbocycles. The normalized spacial score (nSPS) is 20.5. The molecule has 0 heterocycles. The summed E-state index contributed by atoms with van der Waals surface area (Å²) in [5.74, 6) is 1.28. The Labute approximate surface area is 121 Å². The summed E-state index contributed by atoms with van der Waals surface area (Å²) in [7, 11) is 4.13. The third-order valence-corrected chi connectivity index (χ3v) is 4.22. The molecule has 1 saturated carbocycles. The summed E-state index contributed by atoms with van der Waals surface area (Å²) in [5, 5.41) is 0. The van der Waals surface area contributed by atoms with Crippen molar-refractivity contribution in [1.29, 1.82) is 0 Å². The number of anilines is 1. The van der Waals surface area contributed by atoms with Crippen LogP contribution in [-0.2, 0) is 0 Å². The average molecular weight is 263 g/mol. The van der Waals surface area contributed by atoms with E-state index in [4.69, 9.17) is 0 Å². The van der Waals surface area contributed by atoms with E-state index < -0.39 is 0 Å². The van der Waals surface area contributed by atoms with E-state index in [0.717, 1.165) is 0 Å². The molecule has 0 aliphatic heterocycles. The van der Waals surface area contributed by atoms with E-state index in [0.29, 0.717) is 11.8 Å².